The SMILES string of the molecule is CCNC1CCC(N(C)C(=O)c2ccnnc2)CC1. The molecule has 1 amide bonds. The molecule has 0 aliphatic heterocycles. The Morgan fingerprint density at radius 1 is 1.37 bits per heavy atom. The van der Waals surface area contributed by atoms with Gasteiger partial charge >= 0.3 is 0 Å². The quantitative estimate of drug-likeness (QED) is 0.892. The molecular weight excluding hydrogens is 240 g/mol. The highest BCUT2D eigenvalue weighted by atomic mass is 16.2. The molecule has 104 valence electrons. The maximum atomic E-state index is 12.3. The van der Waals surface area contributed by atoms with Crippen LogP contribution in [-0.2, 0) is 0 Å². The van der Waals surface area contributed by atoms with E-state index >= 15 is 0 Å². The van der Waals surface area contributed by atoms with Crippen LogP contribution in [0, 0.1) is 0 Å². The maximum absolute atomic E-state index is 12.3. The third-order valence-electron chi connectivity index (χ3n) is 3.89. The van der Waals surface area contributed by atoms with Crippen LogP contribution < -0.4 is 5.32 Å². The number of aromatic nitrogens is 2. The van der Waals surface area contributed by atoms with Crippen molar-refractivity contribution in [1.82, 2.24) is 20.4 Å². The summed E-state index contributed by atoms with van der Waals surface area (Å²) in [6.07, 6.45) is 7.51. The predicted octanol–water partition coefficient (Wildman–Crippen LogP) is 1.47. The lowest BCUT2D eigenvalue weighted by atomic mass is 9.90. The van der Waals surface area contributed by atoms with Gasteiger partial charge in [0.05, 0.1) is 18.0 Å². The average Bonchev–Trinajstić information content (AvgIpc) is 2.48. The molecule has 5 nitrogen and oxygen atoms in total. The fraction of sp³-hybridized carbons (Fsp3) is 0.643. The minimum atomic E-state index is 0.0433. The van der Waals surface area contributed by atoms with Crippen LogP contribution in [-0.4, -0.2) is 46.7 Å². The molecule has 1 aromatic rings. The molecule has 0 atom stereocenters. The molecule has 0 radical (unpaired) electrons. The number of hydrogen-bond acceptors (Lipinski definition) is 4. The van der Waals surface area contributed by atoms with Crippen LogP contribution >= 0.6 is 0 Å². The molecule has 19 heavy (non-hydrogen) atoms. The van der Waals surface area contributed by atoms with Gasteiger partial charge in [0.15, 0.2) is 0 Å². The molecule has 1 fully saturated rings. The summed E-state index contributed by atoms with van der Waals surface area (Å²) in [7, 11) is 1.89. The summed E-state index contributed by atoms with van der Waals surface area (Å²) in [6, 6.07) is 2.68. The molecule has 2 rings (SSSR count). The van der Waals surface area contributed by atoms with Crippen molar-refractivity contribution in [2.24, 2.45) is 0 Å². The van der Waals surface area contributed by atoms with E-state index in [2.05, 4.69) is 22.4 Å². The number of nitrogens with zero attached hydrogens (tertiary/aromatic N) is 3. The molecule has 0 saturated heterocycles. The van der Waals surface area contributed by atoms with Crippen molar-refractivity contribution in [2.45, 2.75) is 44.7 Å². The number of carbonyl (C=O) groups excluding carboxylic acids is 1. The van der Waals surface area contributed by atoms with E-state index in [0.29, 0.717) is 17.6 Å². The molecule has 0 bridgehead atoms. The summed E-state index contributed by atoms with van der Waals surface area (Å²) in [6.45, 7) is 3.16. The normalized spacial score (nSPS) is 23.1. The maximum Gasteiger partial charge on any atom is 0.255 e. The fourth-order valence-electron chi connectivity index (χ4n) is 2.74. The van der Waals surface area contributed by atoms with Crippen molar-refractivity contribution in [1.29, 1.82) is 0 Å². The Bertz CT molecular complexity index is 401. The van der Waals surface area contributed by atoms with Gasteiger partial charge in [0.1, 0.15) is 0 Å². The molecule has 1 aromatic heterocycles. The highest BCUT2D eigenvalue weighted by Gasteiger charge is 2.26. The second-order valence-electron chi connectivity index (χ2n) is 5.11. The molecular formula is C14H22N4O. The summed E-state index contributed by atoms with van der Waals surface area (Å²) in [5.41, 5.74) is 0.617. The first-order chi connectivity index (χ1) is 9.22. The van der Waals surface area contributed by atoms with Gasteiger partial charge in [-0.05, 0) is 38.3 Å². The topological polar surface area (TPSA) is 58.1 Å². The van der Waals surface area contributed by atoms with Crippen molar-refractivity contribution in [2.75, 3.05) is 13.6 Å². The lowest BCUT2D eigenvalue weighted by molar-refractivity contribution is 0.0684. The minimum absolute atomic E-state index is 0.0433. The molecule has 1 saturated carbocycles. The lowest BCUT2D eigenvalue weighted by Gasteiger charge is -2.35. The standard InChI is InChI=1S/C14H22N4O/c1-3-15-12-4-6-13(7-5-12)18(2)14(19)11-8-9-16-17-10-11/h8-10,12-13,15H,3-7H2,1-2H3. The van der Waals surface area contributed by atoms with Gasteiger partial charge in [-0.2, -0.15) is 10.2 Å². The van der Waals surface area contributed by atoms with Crippen LogP contribution in [0.2, 0.25) is 0 Å². The second kappa shape index (κ2) is 6.61. The molecule has 1 heterocycles. The van der Waals surface area contributed by atoms with Crippen molar-refractivity contribution < 1.29 is 4.79 Å². The Balaban J connectivity index is 1.91. The van der Waals surface area contributed by atoms with Crippen LogP contribution in [0.3, 0.4) is 0 Å². The molecule has 1 aliphatic carbocycles. The van der Waals surface area contributed by atoms with Crippen molar-refractivity contribution in [3.05, 3.63) is 24.0 Å². The van der Waals surface area contributed by atoms with Gasteiger partial charge in [-0.25, -0.2) is 0 Å². The van der Waals surface area contributed by atoms with Gasteiger partial charge in [-0.1, -0.05) is 6.92 Å². The van der Waals surface area contributed by atoms with E-state index in [9.17, 15) is 4.79 Å². The van der Waals surface area contributed by atoms with E-state index in [4.69, 9.17) is 0 Å². The van der Waals surface area contributed by atoms with Crippen molar-refractivity contribution >= 4 is 5.91 Å². The van der Waals surface area contributed by atoms with Gasteiger partial charge in [-0.15, -0.1) is 0 Å². The van der Waals surface area contributed by atoms with Crippen LogP contribution in [0.1, 0.15) is 43.0 Å². The third-order valence-corrected chi connectivity index (χ3v) is 3.89. The van der Waals surface area contributed by atoms with E-state index in [1.165, 1.54) is 6.20 Å². The summed E-state index contributed by atoms with van der Waals surface area (Å²) >= 11 is 0. The molecule has 5 heteroatoms. The molecule has 1 N–H and O–H groups in total. The van der Waals surface area contributed by atoms with Gasteiger partial charge < -0.3 is 10.2 Å². The summed E-state index contributed by atoms with van der Waals surface area (Å²) in [5.74, 6) is 0.0433. The van der Waals surface area contributed by atoms with E-state index < -0.39 is 0 Å². The van der Waals surface area contributed by atoms with E-state index in [1.54, 1.807) is 12.3 Å². The fourth-order valence-corrected chi connectivity index (χ4v) is 2.74. The van der Waals surface area contributed by atoms with E-state index in [0.717, 1.165) is 32.2 Å². The van der Waals surface area contributed by atoms with Crippen LogP contribution in [0.15, 0.2) is 18.5 Å². The first-order valence-electron chi connectivity index (χ1n) is 6.99. The summed E-state index contributed by atoms with van der Waals surface area (Å²) < 4.78 is 0. The Kier molecular flexibility index (Phi) is 4.85. The van der Waals surface area contributed by atoms with Crippen LogP contribution in [0.5, 0.6) is 0 Å². The zero-order chi connectivity index (χ0) is 13.7. The number of nitrogens with one attached hydrogen (secondary N) is 1. The van der Waals surface area contributed by atoms with Gasteiger partial charge in [0, 0.05) is 19.1 Å². The average molecular weight is 262 g/mol. The zero-order valence-electron chi connectivity index (χ0n) is 11.7. The zero-order valence-corrected chi connectivity index (χ0v) is 11.7. The molecule has 1 aliphatic rings. The Morgan fingerprint density at radius 2 is 2.11 bits per heavy atom. The number of amides is 1. The van der Waals surface area contributed by atoms with Crippen molar-refractivity contribution in [3.8, 4) is 0 Å². The van der Waals surface area contributed by atoms with Gasteiger partial charge in [-0.3, -0.25) is 4.79 Å². The first-order valence-corrected chi connectivity index (χ1v) is 6.99. The largest absolute Gasteiger partial charge is 0.339 e. The minimum Gasteiger partial charge on any atom is -0.339 e. The lowest BCUT2D eigenvalue weighted by Crippen LogP contribution is -2.43. The number of hydrogen-bond donors (Lipinski definition) is 1. The third kappa shape index (κ3) is 3.50. The van der Waals surface area contributed by atoms with Gasteiger partial charge in [0.25, 0.3) is 5.91 Å². The highest BCUT2D eigenvalue weighted by Crippen LogP contribution is 2.23. The highest BCUT2D eigenvalue weighted by molar-refractivity contribution is 5.93. The number of rotatable bonds is 4. The Morgan fingerprint density at radius 3 is 2.68 bits per heavy atom. The molecule has 0 unspecified atom stereocenters. The Hall–Kier alpha value is -1.49. The van der Waals surface area contributed by atoms with E-state index in [1.807, 2.05) is 11.9 Å². The summed E-state index contributed by atoms with van der Waals surface area (Å²) in [5, 5.41) is 10.9. The smallest absolute Gasteiger partial charge is 0.255 e. The summed E-state index contributed by atoms with van der Waals surface area (Å²) in [4.78, 5) is 14.2. The Labute approximate surface area is 114 Å². The van der Waals surface area contributed by atoms with Crippen LogP contribution in [0.4, 0.5) is 0 Å². The number of carbonyl (C=O) groups is 1. The first kappa shape index (κ1) is 13.9. The van der Waals surface area contributed by atoms with E-state index in [-0.39, 0.29) is 5.91 Å². The van der Waals surface area contributed by atoms with Gasteiger partial charge in [0.2, 0.25) is 0 Å². The van der Waals surface area contributed by atoms with Crippen LogP contribution in [0.25, 0.3) is 0 Å². The van der Waals surface area contributed by atoms with Crippen molar-refractivity contribution in [3.63, 3.8) is 0 Å². The predicted molar refractivity (Wildman–Crippen MR) is 73.8 cm³/mol. The molecule has 0 spiro atoms. The molecule has 0 aromatic carbocycles. The monoisotopic (exact) mass is 262 g/mol. The second-order valence-corrected chi connectivity index (χ2v) is 5.11.